The molecule has 0 aliphatic heterocycles. The van der Waals surface area contributed by atoms with Gasteiger partial charge >= 0.3 is 0 Å². The fourth-order valence-corrected chi connectivity index (χ4v) is 0.426. The Morgan fingerprint density at radius 2 is 2.62 bits per heavy atom. The van der Waals surface area contributed by atoms with E-state index in [2.05, 4.69) is 16.1 Å². The SMILES string of the molecule is C#Cn1ncnc1C. The molecule has 0 aliphatic carbocycles. The third-order valence-corrected chi connectivity index (χ3v) is 0.840. The van der Waals surface area contributed by atoms with E-state index in [9.17, 15) is 0 Å². The first-order chi connectivity index (χ1) is 3.84. The van der Waals surface area contributed by atoms with Gasteiger partial charge in [0.25, 0.3) is 0 Å². The number of aromatic nitrogens is 3. The van der Waals surface area contributed by atoms with Gasteiger partial charge in [0.2, 0.25) is 0 Å². The van der Waals surface area contributed by atoms with Gasteiger partial charge in [-0.25, -0.2) is 4.98 Å². The third kappa shape index (κ3) is 0.562. The van der Waals surface area contributed by atoms with Crippen molar-refractivity contribution in [3.63, 3.8) is 0 Å². The minimum atomic E-state index is 0.743. The summed E-state index contributed by atoms with van der Waals surface area (Å²) in [6, 6.07) is 2.32. The first-order valence-corrected chi connectivity index (χ1v) is 2.18. The summed E-state index contributed by atoms with van der Waals surface area (Å²) >= 11 is 0. The highest BCUT2D eigenvalue weighted by Gasteiger charge is 1.89. The second-order valence-electron chi connectivity index (χ2n) is 1.35. The molecule has 1 aromatic heterocycles. The first-order valence-electron chi connectivity index (χ1n) is 2.18. The van der Waals surface area contributed by atoms with Gasteiger partial charge in [0.15, 0.2) is 0 Å². The van der Waals surface area contributed by atoms with Crippen molar-refractivity contribution >= 4 is 0 Å². The fourth-order valence-electron chi connectivity index (χ4n) is 0.426. The molecule has 0 saturated heterocycles. The van der Waals surface area contributed by atoms with Gasteiger partial charge in [0.1, 0.15) is 12.2 Å². The zero-order valence-corrected chi connectivity index (χ0v) is 4.50. The van der Waals surface area contributed by atoms with E-state index in [1.807, 2.05) is 0 Å². The standard InChI is InChI=1S/C5H5N3/c1-3-8-5(2)6-4-7-8/h1,4H,2H3. The van der Waals surface area contributed by atoms with E-state index in [0.717, 1.165) is 5.82 Å². The van der Waals surface area contributed by atoms with Crippen LogP contribution in [0.1, 0.15) is 5.82 Å². The van der Waals surface area contributed by atoms with Crippen LogP contribution in [0.25, 0.3) is 0 Å². The number of hydrogen-bond acceptors (Lipinski definition) is 2. The molecule has 0 amide bonds. The molecule has 40 valence electrons. The van der Waals surface area contributed by atoms with Crippen molar-refractivity contribution in [3.8, 4) is 12.5 Å². The van der Waals surface area contributed by atoms with Gasteiger partial charge in [-0.2, -0.15) is 4.68 Å². The molecule has 1 heterocycles. The molecule has 3 nitrogen and oxygen atoms in total. The highest BCUT2D eigenvalue weighted by molar-refractivity contribution is 4.94. The molecule has 0 fully saturated rings. The normalized spacial score (nSPS) is 8.50. The molecular formula is C5H5N3. The third-order valence-electron chi connectivity index (χ3n) is 0.840. The van der Waals surface area contributed by atoms with Crippen LogP contribution in [0.3, 0.4) is 0 Å². The second kappa shape index (κ2) is 1.66. The largest absolute Gasteiger partial charge is 0.219 e. The van der Waals surface area contributed by atoms with Gasteiger partial charge in [-0.05, 0) is 6.92 Å². The highest BCUT2D eigenvalue weighted by Crippen LogP contribution is 1.83. The molecule has 0 N–H and O–H groups in total. The zero-order chi connectivity index (χ0) is 5.98. The van der Waals surface area contributed by atoms with Crippen molar-refractivity contribution in [2.24, 2.45) is 0 Å². The summed E-state index contributed by atoms with van der Waals surface area (Å²) in [5, 5.41) is 3.70. The maximum Gasteiger partial charge on any atom is 0.139 e. The lowest BCUT2D eigenvalue weighted by Gasteiger charge is -1.83. The smallest absolute Gasteiger partial charge is 0.139 e. The Morgan fingerprint density at radius 3 is 2.88 bits per heavy atom. The number of aryl methyl sites for hydroxylation is 1. The van der Waals surface area contributed by atoms with Gasteiger partial charge in [-0.15, -0.1) is 5.10 Å². The summed E-state index contributed by atoms with van der Waals surface area (Å²) in [6.45, 7) is 1.80. The molecule has 0 saturated carbocycles. The van der Waals surface area contributed by atoms with Crippen molar-refractivity contribution in [3.05, 3.63) is 12.2 Å². The second-order valence-corrected chi connectivity index (χ2v) is 1.35. The Kier molecular flexibility index (Phi) is 1.01. The number of hydrogen-bond donors (Lipinski definition) is 0. The Bertz CT molecular complexity index is 218. The van der Waals surface area contributed by atoms with E-state index in [0.29, 0.717) is 0 Å². The molecule has 1 aromatic rings. The summed E-state index contributed by atoms with van der Waals surface area (Å²) < 4.78 is 1.38. The van der Waals surface area contributed by atoms with E-state index in [-0.39, 0.29) is 0 Å². The number of nitrogens with zero attached hydrogens (tertiary/aromatic N) is 3. The lowest BCUT2D eigenvalue weighted by Crippen LogP contribution is -1.92. The van der Waals surface area contributed by atoms with Crippen LogP contribution in [-0.2, 0) is 0 Å². The van der Waals surface area contributed by atoms with Crippen LogP contribution in [0.4, 0.5) is 0 Å². The molecule has 0 spiro atoms. The molecule has 0 unspecified atom stereocenters. The Morgan fingerprint density at radius 1 is 1.88 bits per heavy atom. The van der Waals surface area contributed by atoms with Crippen LogP contribution in [0, 0.1) is 19.4 Å². The Balaban J connectivity index is 3.15. The average molecular weight is 107 g/mol. The quantitative estimate of drug-likeness (QED) is 0.438. The molecule has 0 atom stereocenters. The Hall–Kier alpha value is -1.30. The molecule has 8 heavy (non-hydrogen) atoms. The van der Waals surface area contributed by atoms with E-state index >= 15 is 0 Å². The summed E-state index contributed by atoms with van der Waals surface area (Å²) in [5.74, 6) is 0.743. The van der Waals surface area contributed by atoms with Crippen LogP contribution < -0.4 is 0 Å². The van der Waals surface area contributed by atoms with Gasteiger partial charge in [-0.3, -0.25) is 0 Å². The summed E-state index contributed by atoms with van der Waals surface area (Å²) in [5.41, 5.74) is 0. The maximum absolute atomic E-state index is 5.01. The monoisotopic (exact) mass is 107 g/mol. The minimum absolute atomic E-state index is 0.743. The molecular weight excluding hydrogens is 102 g/mol. The summed E-state index contributed by atoms with van der Waals surface area (Å²) in [4.78, 5) is 3.80. The van der Waals surface area contributed by atoms with Crippen LogP contribution in [0.15, 0.2) is 6.33 Å². The predicted octanol–water partition coefficient (Wildman–Crippen LogP) is 0.0253. The molecule has 1 rings (SSSR count). The Labute approximate surface area is 47.4 Å². The van der Waals surface area contributed by atoms with Crippen molar-refractivity contribution in [2.45, 2.75) is 6.92 Å². The molecule has 0 radical (unpaired) electrons. The topological polar surface area (TPSA) is 30.7 Å². The number of terminal acetylenes is 1. The van der Waals surface area contributed by atoms with Gasteiger partial charge in [0, 0.05) is 6.04 Å². The fraction of sp³-hybridized carbons (Fsp3) is 0.200. The molecule has 3 heteroatoms. The predicted molar refractivity (Wildman–Crippen MR) is 29.0 cm³/mol. The van der Waals surface area contributed by atoms with Crippen LogP contribution in [0.5, 0.6) is 0 Å². The van der Waals surface area contributed by atoms with Gasteiger partial charge in [-0.1, -0.05) is 6.42 Å². The van der Waals surface area contributed by atoms with Crippen LogP contribution in [0.2, 0.25) is 0 Å². The van der Waals surface area contributed by atoms with Crippen molar-refractivity contribution in [1.29, 1.82) is 0 Å². The van der Waals surface area contributed by atoms with Crippen molar-refractivity contribution in [1.82, 2.24) is 14.8 Å². The van der Waals surface area contributed by atoms with Gasteiger partial charge < -0.3 is 0 Å². The molecule has 0 aromatic carbocycles. The summed E-state index contributed by atoms with van der Waals surface area (Å²) in [6.07, 6.45) is 6.43. The van der Waals surface area contributed by atoms with E-state index < -0.39 is 0 Å². The van der Waals surface area contributed by atoms with Crippen molar-refractivity contribution in [2.75, 3.05) is 0 Å². The maximum atomic E-state index is 5.01. The lowest BCUT2D eigenvalue weighted by molar-refractivity contribution is 0.874. The van der Waals surface area contributed by atoms with E-state index in [1.165, 1.54) is 11.0 Å². The van der Waals surface area contributed by atoms with Crippen molar-refractivity contribution < 1.29 is 0 Å². The summed E-state index contributed by atoms with van der Waals surface area (Å²) in [7, 11) is 0. The van der Waals surface area contributed by atoms with Gasteiger partial charge in [0.05, 0.1) is 0 Å². The van der Waals surface area contributed by atoms with E-state index in [1.54, 1.807) is 6.92 Å². The van der Waals surface area contributed by atoms with E-state index in [4.69, 9.17) is 6.42 Å². The zero-order valence-electron chi connectivity index (χ0n) is 4.50. The minimum Gasteiger partial charge on any atom is -0.219 e. The first kappa shape index (κ1) is 4.85. The average Bonchev–Trinajstić information content (AvgIpc) is 2.14. The highest BCUT2D eigenvalue weighted by atomic mass is 15.3. The van der Waals surface area contributed by atoms with Crippen LogP contribution in [-0.4, -0.2) is 14.8 Å². The molecule has 0 bridgehead atoms. The van der Waals surface area contributed by atoms with Crippen LogP contribution >= 0.6 is 0 Å². The number of rotatable bonds is 0. The lowest BCUT2D eigenvalue weighted by atomic mass is 10.7. The molecule has 0 aliphatic rings.